The number of halogens is 1. The number of rotatable bonds is 7. The molecule has 0 saturated carbocycles. The van der Waals surface area contributed by atoms with Gasteiger partial charge in [0.2, 0.25) is 17.7 Å². The number of likely N-dealkylation sites (N-methyl/N-ethyl adjacent to an activating group) is 1. The second-order valence-electron chi connectivity index (χ2n) is 5.93. The highest BCUT2D eigenvalue weighted by Crippen LogP contribution is 2.24. The van der Waals surface area contributed by atoms with E-state index in [1.54, 1.807) is 23.9 Å². The third-order valence-electron chi connectivity index (χ3n) is 3.76. The molecule has 3 rings (SSSR count). The molecule has 3 aromatic rings. The maximum absolute atomic E-state index is 12.3. The second-order valence-corrected chi connectivity index (χ2v) is 7.21. The molecule has 0 radical (unpaired) electrons. The standard InChI is InChI=1S/C19H19ClN4O2S/c1-24(11-17(25)21-15-5-3-4-6-16(15)27-2)12-18-22-23-19(26-18)13-7-9-14(20)10-8-13/h3-10H,11-12H2,1-2H3,(H,21,25). The summed E-state index contributed by atoms with van der Waals surface area (Å²) in [6.07, 6.45) is 1.98. The van der Waals surface area contributed by atoms with Gasteiger partial charge in [0.05, 0.1) is 18.8 Å². The van der Waals surface area contributed by atoms with E-state index in [1.807, 2.05) is 54.6 Å². The van der Waals surface area contributed by atoms with Gasteiger partial charge in [0.1, 0.15) is 0 Å². The number of hydrogen-bond acceptors (Lipinski definition) is 6. The minimum absolute atomic E-state index is 0.101. The van der Waals surface area contributed by atoms with E-state index < -0.39 is 0 Å². The van der Waals surface area contributed by atoms with Crippen LogP contribution in [0, 0.1) is 0 Å². The Kier molecular flexibility index (Phi) is 6.49. The van der Waals surface area contributed by atoms with E-state index in [2.05, 4.69) is 15.5 Å². The molecule has 0 saturated heterocycles. The van der Waals surface area contributed by atoms with E-state index in [0.29, 0.717) is 23.3 Å². The number of carbonyl (C=O) groups excluding carboxylic acids is 1. The predicted octanol–water partition coefficient (Wildman–Crippen LogP) is 4.18. The number of benzene rings is 2. The molecule has 8 heteroatoms. The smallest absolute Gasteiger partial charge is 0.247 e. The number of anilines is 1. The molecule has 0 aliphatic rings. The lowest BCUT2D eigenvalue weighted by atomic mass is 10.2. The lowest BCUT2D eigenvalue weighted by molar-refractivity contribution is -0.117. The van der Waals surface area contributed by atoms with Gasteiger partial charge in [-0.25, -0.2) is 0 Å². The molecule has 0 aliphatic carbocycles. The van der Waals surface area contributed by atoms with Gasteiger partial charge in [-0.05, 0) is 49.7 Å². The van der Waals surface area contributed by atoms with Gasteiger partial charge in [0.15, 0.2) is 0 Å². The van der Waals surface area contributed by atoms with E-state index in [1.165, 1.54) is 0 Å². The van der Waals surface area contributed by atoms with Crippen molar-refractivity contribution >= 4 is 35.0 Å². The molecule has 0 spiro atoms. The van der Waals surface area contributed by atoms with Gasteiger partial charge in [-0.15, -0.1) is 22.0 Å². The summed E-state index contributed by atoms with van der Waals surface area (Å²) < 4.78 is 5.67. The average molecular weight is 403 g/mol. The van der Waals surface area contributed by atoms with Crippen molar-refractivity contribution in [3.8, 4) is 11.5 Å². The topological polar surface area (TPSA) is 71.3 Å². The van der Waals surface area contributed by atoms with Crippen molar-refractivity contribution in [2.24, 2.45) is 0 Å². The molecule has 1 N–H and O–H groups in total. The predicted molar refractivity (Wildman–Crippen MR) is 108 cm³/mol. The summed E-state index contributed by atoms with van der Waals surface area (Å²) in [5.41, 5.74) is 1.61. The molecule has 0 atom stereocenters. The Labute approximate surface area is 166 Å². The van der Waals surface area contributed by atoms with E-state index in [-0.39, 0.29) is 12.5 Å². The van der Waals surface area contributed by atoms with Gasteiger partial charge in [0, 0.05) is 15.5 Å². The number of nitrogens with zero attached hydrogens (tertiary/aromatic N) is 3. The van der Waals surface area contributed by atoms with Crippen LogP contribution in [0.2, 0.25) is 5.02 Å². The number of aromatic nitrogens is 2. The van der Waals surface area contributed by atoms with Gasteiger partial charge in [0.25, 0.3) is 0 Å². The van der Waals surface area contributed by atoms with E-state index >= 15 is 0 Å². The maximum Gasteiger partial charge on any atom is 0.247 e. The maximum atomic E-state index is 12.3. The summed E-state index contributed by atoms with van der Waals surface area (Å²) in [4.78, 5) is 15.1. The molecule has 0 fully saturated rings. The average Bonchev–Trinajstić information content (AvgIpc) is 3.10. The van der Waals surface area contributed by atoms with E-state index in [9.17, 15) is 4.79 Å². The van der Waals surface area contributed by atoms with E-state index in [4.69, 9.17) is 16.0 Å². The molecule has 1 aromatic heterocycles. The van der Waals surface area contributed by atoms with Crippen LogP contribution in [0.4, 0.5) is 5.69 Å². The Morgan fingerprint density at radius 3 is 2.67 bits per heavy atom. The van der Waals surface area contributed by atoms with Gasteiger partial charge >= 0.3 is 0 Å². The fourth-order valence-electron chi connectivity index (χ4n) is 2.50. The zero-order valence-electron chi connectivity index (χ0n) is 15.0. The minimum Gasteiger partial charge on any atom is -0.419 e. The highest BCUT2D eigenvalue weighted by atomic mass is 35.5. The third-order valence-corrected chi connectivity index (χ3v) is 4.81. The van der Waals surface area contributed by atoms with Crippen LogP contribution < -0.4 is 5.32 Å². The van der Waals surface area contributed by atoms with Crippen LogP contribution in [0.25, 0.3) is 11.5 Å². The van der Waals surface area contributed by atoms with Crippen molar-refractivity contribution in [1.82, 2.24) is 15.1 Å². The lowest BCUT2D eigenvalue weighted by Crippen LogP contribution is -2.30. The van der Waals surface area contributed by atoms with Gasteiger partial charge in [-0.2, -0.15) is 0 Å². The van der Waals surface area contributed by atoms with E-state index in [0.717, 1.165) is 16.1 Å². The van der Waals surface area contributed by atoms with Crippen LogP contribution in [-0.4, -0.2) is 40.9 Å². The van der Waals surface area contributed by atoms with Crippen LogP contribution in [0.1, 0.15) is 5.89 Å². The lowest BCUT2D eigenvalue weighted by Gasteiger charge is -2.15. The Morgan fingerprint density at radius 1 is 1.19 bits per heavy atom. The first-order valence-electron chi connectivity index (χ1n) is 8.25. The molecule has 2 aromatic carbocycles. The normalized spacial score (nSPS) is 11.0. The zero-order chi connectivity index (χ0) is 19.2. The summed E-state index contributed by atoms with van der Waals surface area (Å²) in [7, 11) is 1.83. The molecule has 1 amide bonds. The van der Waals surface area contributed by atoms with Crippen molar-refractivity contribution in [1.29, 1.82) is 0 Å². The third kappa shape index (κ3) is 5.32. The van der Waals surface area contributed by atoms with Crippen LogP contribution in [-0.2, 0) is 11.3 Å². The molecule has 0 unspecified atom stereocenters. The summed E-state index contributed by atoms with van der Waals surface area (Å²) in [6.45, 7) is 0.583. The van der Waals surface area contributed by atoms with Crippen LogP contribution in [0.3, 0.4) is 0 Å². The Bertz CT molecular complexity index is 914. The minimum atomic E-state index is -0.101. The van der Waals surface area contributed by atoms with Crippen LogP contribution in [0.5, 0.6) is 0 Å². The van der Waals surface area contributed by atoms with Crippen molar-refractivity contribution in [3.63, 3.8) is 0 Å². The zero-order valence-corrected chi connectivity index (χ0v) is 16.5. The molecular formula is C19H19ClN4O2S. The molecule has 27 heavy (non-hydrogen) atoms. The number of amides is 1. The summed E-state index contributed by atoms with van der Waals surface area (Å²) in [5.74, 6) is 0.768. The van der Waals surface area contributed by atoms with Gasteiger partial charge in [-0.3, -0.25) is 9.69 Å². The molecular weight excluding hydrogens is 384 g/mol. The highest BCUT2D eigenvalue weighted by molar-refractivity contribution is 7.98. The largest absolute Gasteiger partial charge is 0.419 e. The second kappa shape index (κ2) is 9.03. The number of hydrogen-bond donors (Lipinski definition) is 1. The highest BCUT2D eigenvalue weighted by Gasteiger charge is 2.14. The van der Waals surface area contributed by atoms with Crippen molar-refractivity contribution in [3.05, 3.63) is 59.4 Å². The Hall–Kier alpha value is -2.35. The number of nitrogens with one attached hydrogen (secondary N) is 1. The summed E-state index contributed by atoms with van der Waals surface area (Å²) in [6, 6.07) is 14.9. The van der Waals surface area contributed by atoms with Crippen molar-refractivity contribution in [2.45, 2.75) is 11.4 Å². The monoisotopic (exact) mass is 402 g/mol. The molecule has 0 aliphatic heterocycles. The molecule has 6 nitrogen and oxygen atoms in total. The summed E-state index contributed by atoms with van der Waals surface area (Å²) in [5, 5.41) is 11.7. The van der Waals surface area contributed by atoms with Crippen LogP contribution in [0.15, 0.2) is 57.8 Å². The van der Waals surface area contributed by atoms with Crippen molar-refractivity contribution in [2.75, 3.05) is 25.2 Å². The fraction of sp³-hybridized carbons (Fsp3) is 0.211. The first-order valence-corrected chi connectivity index (χ1v) is 9.85. The summed E-state index contributed by atoms with van der Waals surface area (Å²) >= 11 is 7.48. The van der Waals surface area contributed by atoms with Crippen molar-refractivity contribution < 1.29 is 9.21 Å². The number of thioether (sulfide) groups is 1. The molecule has 0 bridgehead atoms. The number of carbonyl (C=O) groups is 1. The Morgan fingerprint density at radius 2 is 1.93 bits per heavy atom. The quantitative estimate of drug-likeness (QED) is 0.597. The first-order chi connectivity index (χ1) is 13.0. The molecule has 140 valence electrons. The van der Waals surface area contributed by atoms with Crippen LogP contribution >= 0.6 is 23.4 Å². The van der Waals surface area contributed by atoms with Gasteiger partial charge < -0.3 is 9.73 Å². The Balaban J connectivity index is 1.57. The SMILES string of the molecule is CSc1ccccc1NC(=O)CN(C)Cc1nnc(-c2ccc(Cl)cc2)o1. The first kappa shape index (κ1) is 19.4. The molecule has 1 heterocycles. The fourth-order valence-corrected chi connectivity index (χ4v) is 3.18. The number of para-hydroxylation sites is 1. The van der Waals surface area contributed by atoms with Gasteiger partial charge in [-0.1, -0.05) is 23.7 Å².